The molecule has 3 unspecified atom stereocenters. The lowest BCUT2D eigenvalue weighted by molar-refractivity contribution is -0.157. The lowest BCUT2D eigenvalue weighted by Crippen LogP contribution is -2.57. The van der Waals surface area contributed by atoms with Crippen molar-refractivity contribution >= 4 is 5.97 Å². The molecule has 5 nitrogen and oxygen atoms in total. The van der Waals surface area contributed by atoms with Crippen molar-refractivity contribution in [3.63, 3.8) is 0 Å². The minimum atomic E-state index is -0.582. The second-order valence-electron chi connectivity index (χ2n) is 5.85. The summed E-state index contributed by atoms with van der Waals surface area (Å²) in [5, 5.41) is 3.42. The molecule has 0 radical (unpaired) electrons. The number of rotatable bonds is 9. The molecular weight excluding hydrogens is 270 g/mol. The van der Waals surface area contributed by atoms with E-state index < -0.39 is 5.54 Å². The van der Waals surface area contributed by atoms with Crippen LogP contribution in [0.25, 0.3) is 0 Å². The first-order valence-corrected chi connectivity index (χ1v) is 8.14. The van der Waals surface area contributed by atoms with Gasteiger partial charge < -0.3 is 19.5 Å². The fraction of sp³-hybridized carbons (Fsp3) is 0.938. The first kappa shape index (κ1) is 18.4. The van der Waals surface area contributed by atoms with Gasteiger partial charge in [-0.1, -0.05) is 6.92 Å². The van der Waals surface area contributed by atoms with Gasteiger partial charge in [0.15, 0.2) is 0 Å². The van der Waals surface area contributed by atoms with Gasteiger partial charge in [0, 0.05) is 13.5 Å². The summed E-state index contributed by atoms with van der Waals surface area (Å²) in [7, 11) is 1.67. The maximum atomic E-state index is 12.4. The van der Waals surface area contributed by atoms with Crippen LogP contribution in [0.5, 0.6) is 0 Å². The molecule has 0 aromatic heterocycles. The number of hydrogen-bond donors (Lipinski definition) is 1. The average Bonchev–Trinajstić information content (AvgIpc) is 2.46. The first-order valence-electron chi connectivity index (χ1n) is 8.14. The van der Waals surface area contributed by atoms with Gasteiger partial charge in [-0.05, 0) is 46.1 Å². The Labute approximate surface area is 128 Å². The Morgan fingerprint density at radius 1 is 1.43 bits per heavy atom. The van der Waals surface area contributed by atoms with Gasteiger partial charge in [-0.3, -0.25) is 4.79 Å². The summed E-state index contributed by atoms with van der Waals surface area (Å²) < 4.78 is 16.4. The molecule has 0 saturated heterocycles. The fourth-order valence-electron chi connectivity index (χ4n) is 2.99. The van der Waals surface area contributed by atoms with Crippen molar-refractivity contribution in [3.05, 3.63) is 0 Å². The van der Waals surface area contributed by atoms with Gasteiger partial charge in [0.2, 0.25) is 0 Å². The van der Waals surface area contributed by atoms with E-state index in [9.17, 15) is 4.79 Å². The Bertz CT molecular complexity index is 311. The Hall–Kier alpha value is -0.650. The summed E-state index contributed by atoms with van der Waals surface area (Å²) in [5.74, 6) is -0.133. The van der Waals surface area contributed by atoms with Crippen molar-refractivity contribution in [2.24, 2.45) is 0 Å². The highest BCUT2D eigenvalue weighted by atomic mass is 16.5. The van der Waals surface area contributed by atoms with E-state index in [4.69, 9.17) is 14.2 Å². The summed E-state index contributed by atoms with van der Waals surface area (Å²) in [6.07, 6.45) is 4.58. The van der Waals surface area contributed by atoms with E-state index in [1.807, 2.05) is 13.8 Å². The number of ether oxygens (including phenoxy) is 3. The van der Waals surface area contributed by atoms with Crippen molar-refractivity contribution in [2.75, 3.05) is 26.9 Å². The predicted molar refractivity (Wildman–Crippen MR) is 82.3 cm³/mol. The van der Waals surface area contributed by atoms with Crippen LogP contribution in [0.3, 0.4) is 0 Å². The third-order valence-electron chi connectivity index (χ3n) is 3.91. The van der Waals surface area contributed by atoms with Gasteiger partial charge in [-0.25, -0.2) is 0 Å². The molecule has 1 saturated carbocycles. The minimum Gasteiger partial charge on any atom is -0.465 e. The van der Waals surface area contributed by atoms with E-state index in [1.165, 1.54) is 0 Å². The van der Waals surface area contributed by atoms with Crippen molar-refractivity contribution in [1.29, 1.82) is 0 Å². The second kappa shape index (κ2) is 9.38. The number of carbonyl (C=O) groups excluding carboxylic acids is 1. The van der Waals surface area contributed by atoms with Crippen molar-refractivity contribution in [3.8, 4) is 0 Å². The Morgan fingerprint density at radius 3 is 2.81 bits per heavy atom. The van der Waals surface area contributed by atoms with Gasteiger partial charge in [-0.15, -0.1) is 0 Å². The largest absolute Gasteiger partial charge is 0.465 e. The van der Waals surface area contributed by atoms with Gasteiger partial charge >= 0.3 is 5.97 Å². The molecule has 1 fully saturated rings. The van der Waals surface area contributed by atoms with Gasteiger partial charge in [0.05, 0.1) is 25.4 Å². The normalized spacial score (nSPS) is 27.3. The summed E-state index contributed by atoms with van der Waals surface area (Å²) in [5.41, 5.74) is -0.582. The SMILES string of the molecule is CCCNC1(C(=O)OCC)CCCC(OC(C)COC)C1. The van der Waals surface area contributed by atoms with Crippen LogP contribution in [-0.2, 0) is 19.0 Å². The maximum Gasteiger partial charge on any atom is 0.326 e. The molecule has 3 atom stereocenters. The van der Waals surface area contributed by atoms with Crippen LogP contribution in [0.15, 0.2) is 0 Å². The molecule has 0 aromatic carbocycles. The summed E-state index contributed by atoms with van der Waals surface area (Å²) in [6.45, 7) is 7.76. The molecule has 1 aliphatic carbocycles. The number of esters is 1. The number of methoxy groups -OCH3 is 1. The highest BCUT2D eigenvalue weighted by molar-refractivity contribution is 5.81. The lowest BCUT2D eigenvalue weighted by atomic mass is 9.79. The fourth-order valence-corrected chi connectivity index (χ4v) is 2.99. The highest BCUT2D eigenvalue weighted by Gasteiger charge is 2.44. The van der Waals surface area contributed by atoms with E-state index in [1.54, 1.807) is 7.11 Å². The van der Waals surface area contributed by atoms with Gasteiger partial charge in [0.1, 0.15) is 5.54 Å². The first-order chi connectivity index (χ1) is 10.1. The zero-order chi connectivity index (χ0) is 15.7. The average molecular weight is 301 g/mol. The Morgan fingerprint density at radius 2 is 2.19 bits per heavy atom. The molecule has 21 heavy (non-hydrogen) atoms. The van der Waals surface area contributed by atoms with Crippen LogP contribution in [0.1, 0.15) is 52.9 Å². The second-order valence-corrected chi connectivity index (χ2v) is 5.85. The lowest BCUT2D eigenvalue weighted by Gasteiger charge is -2.40. The van der Waals surface area contributed by atoms with Crippen LogP contribution in [0.2, 0.25) is 0 Å². The van der Waals surface area contributed by atoms with Crippen LogP contribution >= 0.6 is 0 Å². The van der Waals surface area contributed by atoms with E-state index in [2.05, 4.69) is 12.2 Å². The predicted octanol–water partition coefficient (Wildman–Crippen LogP) is 2.28. The maximum absolute atomic E-state index is 12.4. The summed E-state index contributed by atoms with van der Waals surface area (Å²) in [4.78, 5) is 12.4. The molecule has 0 bridgehead atoms. The monoisotopic (exact) mass is 301 g/mol. The number of carbonyl (C=O) groups is 1. The Balaban J connectivity index is 2.70. The molecule has 1 rings (SSSR count). The molecule has 0 aromatic rings. The smallest absolute Gasteiger partial charge is 0.326 e. The molecule has 124 valence electrons. The molecule has 0 aliphatic heterocycles. The molecule has 0 amide bonds. The van der Waals surface area contributed by atoms with E-state index in [-0.39, 0.29) is 18.2 Å². The van der Waals surface area contributed by atoms with Crippen LogP contribution < -0.4 is 5.32 Å². The molecule has 5 heteroatoms. The zero-order valence-electron chi connectivity index (χ0n) is 13.9. The zero-order valence-corrected chi connectivity index (χ0v) is 13.9. The summed E-state index contributed by atoms with van der Waals surface area (Å²) >= 11 is 0. The number of hydrogen-bond acceptors (Lipinski definition) is 5. The summed E-state index contributed by atoms with van der Waals surface area (Å²) in [6, 6.07) is 0. The van der Waals surface area contributed by atoms with Gasteiger partial charge in [-0.2, -0.15) is 0 Å². The minimum absolute atomic E-state index is 0.0455. The van der Waals surface area contributed by atoms with Crippen LogP contribution in [0, 0.1) is 0 Å². The van der Waals surface area contributed by atoms with Crippen molar-refractivity contribution < 1.29 is 19.0 Å². The van der Waals surface area contributed by atoms with Crippen molar-refractivity contribution in [2.45, 2.75) is 70.6 Å². The third kappa shape index (κ3) is 5.57. The van der Waals surface area contributed by atoms with Gasteiger partial charge in [0.25, 0.3) is 0 Å². The number of nitrogens with one attached hydrogen (secondary N) is 1. The van der Waals surface area contributed by atoms with Crippen LogP contribution in [0.4, 0.5) is 0 Å². The third-order valence-corrected chi connectivity index (χ3v) is 3.91. The van der Waals surface area contributed by atoms with E-state index in [0.29, 0.717) is 19.6 Å². The van der Waals surface area contributed by atoms with Crippen LogP contribution in [-0.4, -0.2) is 50.6 Å². The van der Waals surface area contributed by atoms with E-state index >= 15 is 0 Å². The molecule has 0 spiro atoms. The highest BCUT2D eigenvalue weighted by Crippen LogP contribution is 2.32. The topological polar surface area (TPSA) is 56.8 Å². The van der Waals surface area contributed by atoms with Crippen molar-refractivity contribution in [1.82, 2.24) is 5.32 Å². The molecular formula is C16H31NO4. The molecule has 0 heterocycles. The quantitative estimate of drug-likeness (QED) is 0.662. The van der Waals surface area contributed by atoms with E-state index in [0.717, 1.165) is 32.2 Å². The Kier molecular flexibility index (Phi) is 8.22. The molecule has 1 N–H and O–H groups in total. The molecule has 1 aliphatic rings. The standard InChI is InChI=1S/C16H31NO4/c1-5-10-17-16(15(18)20-6-2)9-7-8-14(11-16)21-13(3)12-19-4/h13-14,17H,5-12H2,1-4H3.